The molecular formula is C15H20N2O3. The van der Waals surface area contributed by atoms with Crippen LogP contribution in [0.15, 0.2) is 24.3 Å². The highest BCUT2D eigenvalue weighted by atomic mass is 16.5. The molecule has 5 heteroatoms. The lowest BCUT2D eigenvalue weighted by Crippen LogP contribution is -2.15. The summed E-state index contributed by atoms with van der Waals surface area (Å²) >= 11 is 0. The van der Waals surface area contributed by atoms with Crippen LogP contribution in [0.3, 0.4) is 0 Å². The van der Waals surface area contributed by atoms with Crippen LogP contribution in [-0.2, 0) is 12.0 Å². The van der Waals surface area contributed by atoms with Gasteiger partial charge < -0.3 is 14.9 Å². The average Bonchev–Trinajstić information content (AvgIpc) is 2.77. The lowest BCUT2D eigenvalue weighted by atomic mass is 9.89. The number of nitrogens with zero attached hydrogens (tertiary/aromatic N) is 2. The SMILES string of the molecule is COc1c(CO)c(C(C)(C)C)nn1-c1ccc(O)cc1. The van der Waals surface area contributed by atoms with E-state index in [0.717, 1.165) is 11.4 Å². The van der Waals surface area contributed by atoms with Crippen LogP contribution in [0.25, 0.3) is 5.69 Å². The van der Waals surface area contributed by atoms with Crippen molar-refractivity contribution < 1.29 is 14.9 Å². The summed E-state index contributed by atoms with van der Waals surface area (Å²) < 4.78 is 7.05. The van der Waals surface area contributed by atoms with Gasteiger partial charge in [0, 0.05) is 5.41 Å². The van der Waals surface area contributed by atoms with Crippen molar-refractivity contribution in [3.8, 4) is 17.3 Å². The van der Waals surface area contributed by atoms with Gasteiger partial charge >= 0.3 is 0 Å². The molecule has 0 radical (unpaired) electrons. The molecule has 2 N–H and O–H groups in total. The molecule has 1 aromatic carbocycles. The lowest BCUT2D eigenvalue weighted by Gasteiger charge is -2.16. The van der Waals surface area contributed by atoms with Crippen molar-refractivity contribution in [1.29, 1.82) is 0 Å². The Morgan fingerprint density at radius 2 is 1.80 bits per heavy atom. The van der Waals surface area contributed by atoms with Crippen molar-refractivity contribution in [3.63, 3.8) is 0 Å². The van der Waals surface area contributed by atoms with Crippen LogP contribution in [0.5, 0.6) is 11.6 Å². The summed E-state index contributed by atoms with van der Waals surface area (Å²) in [5.41, 5.74) is 2.05. The molecule has 0 atom stereocenters. The third-order valence-electron chi connectivity index (χ3n) is 3.09. The first-order chi connectivity index (χ1) is 9.38. The Balaban J connectivity index is 2.64. The smallest absolute Gasteiger partial charge is 0.222 e. The molecule has 0 spiro atoms. The van der Waals surface area contributed by atoms with Gasteiger partial charge in [-0.1, -0.05) is 20.8 Å². The normalized spacial score (nSPS) is 11.7. The first kappa shape index (κ1) is 14.4. The molecule has 20 heavy (non-hydrogen) atoms. The van der Waals surface area contributed by atoms with Crippen LogP contribution in [-0.4, -0.2) is 27.1 Å². The predicted octanol–water partition coefficient (Wildman–Crippen LogP) is 2.38. The Bertz CT molecular complexity index is 595. The highest BCUT2D eigenvalue weighted by molar-refractivity contribution is 5.44. The molecule has 5 nitrogen and oxygen atoms in total. The monoisotopic (exact) mass is 276 g/mol. The molecule has 0 amide bonds. The molecule has 0 aliphatic rings. The minimum absolute atomic E-state index is 0.131. The summed E-state index contributed by atoms with van der Waals surface area (Å²) in [6.07, 6.45) is 0. The second-order valence-electron chi connectivity index (χ2n) is 5.67. The van der Waals surface area contributed by atoms with E-state index >= 15 is 0 Å². The highest BCUT2D eigenvalue weighted by Gasteiger charge is 2.27. The van der Waals surface area contributed by atoms with Gasteiger partial charge in [0.1, 0.15) is 5.75 Å². The Hall–Kier alpha value is -2.01. The fourth-order valence-corrected chi connectivity index (χ4v) is 2.16. The minimum Gasteiger partial charge on any atom is -0.508 e. The van der Waals surface area contributed by atoms with Crippen molar-refractivity contribution in [1.82, 2.24) is 9.78 Å². The van der Waals surface area contributed by atoms with Gasteiger partial charge in [0.15, 0.2) is 0 Å². The molecular weight excluding hydrogens is 256 g/mol. The van der Waals surface area contributed by atoms with E-state index in [1.165, 1.54) is 0 Å². The van der Waals surface area contributed by atoms with Gasteiger partial charge in [0.05, 0.1) is 30.7 Å². The third-order valence-corrected chi connectivity index (χ3v) is 3.09. The van der Waals surface area contributed by atoms with Crippen molar-refractivity contribution in [2.75, 3.05) is 7.11 Å². The molecule has 0 bridgehead atoms. The van der Waals surface area contributed by atoms with Crippen molar-refractivity contribution in [2.24, 2.45) is 0 Å². The standard InChI is InChI=1S/C15H20N2O3/c1-15(2,3)13-12(9-18)14(20-4)17(16-13)10-5-7-11(19)8-6-10/h5-8,18-19H,9H2,1-4H3. The third kappa shape index (κ3) is 2.49. The van der Waals surface area contributed by atoms with Crippen molar-refractivity contribution in [3.05, 3.63) is 35.5 Å². The van der Waals surface area contributed by atoms with Gasteiger partial charge in [0.25, 0.3) is 0 Å². The van der Waals surface area contributed by atoms with E-state index in [0.29, 0.717) is 11.4 Å². The fourth-order valence-electron chi connectivity index (χ4n) is 2.16. The van der Waals surface area contributed by atoms with Crippen LogP contribution in [0.1, 0.15) is 32.0 Å². The maximum absolute atomic E-state index is 9.62. The molecule has 1 heterocycles. The number of ether oxygens (including phenoxy) is 1. The lowest BCUT2D eigenvalue weighted by molar-refractivity contribution is 0.269. The zero-order valence-electron chi connectivity index (χ0n) is 12.2. The number of aromatic nitrogens is 2. The zero-order valence-corrected chi connectivity index (χ0v) is 12.2. The molecule has 0 saturated heterocycles. The molecule has 0 aliphatic heterocycles. The topological polar surface area (TPSA) is 67.5 Å². The second-order valence-corrected chi connectivity index (χ2v) is 5.67. The number of phenolic OH excluding ortho intramolecular Hbond substituents is 1. The number of hydrogen-bond acceptors (Lipinski definition) is 4. The number of rotatable bonds is 3. The average molecular weight is 276 g/mol. The number of benzene rings is 1. The Morgan fingerprint density at radius 1 is 1.20 bits per heavy atom. The maximum Gasteiger partial charge on any atom is 0.222 e. The van der Waals surface area contributed by atoms with Gasteiger partial charge in [-0.05, 0) is 24.3 Å². The minimum atomic E-state index is -0.201. The van der Waals surface area contributed by atoms with Crippen LogP contribution in [0, 0.1) is 0 Å². The Kier molecular flexibility index (Phi) is 3.72. The molecule has 1 aromatic heterocycles. The van der Waals surface area contributed by atoms with E-state index in [1.807, 2.05) is 20.8 Å². The largest absolute Gasteiger partial charge is 0.508 e. The summed E-state index contributed by atoms with van der Waals surface area (Å²) in [5, 5.41) is 23.6. The van der Waals surface area contributed by atoms with Crippen LogP contribution >= 0.6 is 0 Å². The molecule has 2 aromatic rings. The summed E-state index contributed by atoms with van der Waals surface area (Å²) in [7, 11) is 1.56. The van der Waals surface area contributed by atoms with Gasteiger partial charge in [-0.15, -0.1) is 0 Å². The molecule has 0 unspecified atom stereocenters. The van der Waals surface area contributed by atoms with E-state index in [1.54, 1.807) is 36.1 Å². The molecule has 0 aliphatic carbocycles. The Morgan fingerprint density at radius 3 is 2.25 bits per heavy atom. The van der Waals surface area contributed by atoms with Gasteiger partial charge in [-0.25, -0.2) is 4.68 Å². The van der Waals surface area contributed by atoms with E-state index in [-0.39, 0.29) is 17.8 Å². The second kappa shape index (κ2) is 5.17. The van der Waals surface area contributed by atoms with Crippen LogP contribution in [0.4, 0.5) is 0 Å². The molecule has 0 fully saturated rings. The predicted molar refractivity (Wildman–Crippen MR) is 76.4 cm³/mol. The van der Waals surface area contributed by atoms with Crippen LogP contribution in [0.2, 0.25) is 0 Å². The number of aromatic hydroxyl groups is 1. The quantitative estimate of drug-likeness (QED) is 0.903. The number of hydrogen-bond donors (Lipinski definition) is 2. The molecule has 2 rings (SSSR count). The Labute approximate surface area is 118 Å². The van der Waals surface area contributed by atoms with E-state index in [4.69, 9.17) is 4.74 Å². The summed E-state index contributed by atoms with van der Waals surface area (Å²) in [6.45, 7) is 5.98. The van der Waals surface area contributed by atoms with Crippen molar-refractivity contribution >= 4 is 0 Å². The van der Waals surface area contributed by atoms with Crippen LogP contribution < -0.4 is 4.74 Å². The van der Waals surface area contributed by atoms with E-state index < -0.39 is 0 Å². The summed E-state index contributed by atoms with van der Waals surface area (Å²) in [4.78, 5) is 0. The van der Waals surface area contributed by atoms with E-state index in [9.17, 15) is 10.2 Å². The number of aliphatic hydroxyl groups is 1. The fraction of sp³-hybridized carbons (Fsp3) is 0.400. The summed E-state index contributed by atoms with van der Waals surface area (Å²) in [5.74, 6) is 0.710. The zero-order chi connectivity index (χ0) is 14.9. The summed E-state index contributed by atoms with van der Waals surface area (Å²) in [6, 6.07) is 6.68. The van der Waals surface area contributed by atoms with Gasteiger partial charge in [-0.3, -0.25) is 0 Å². The van der Waals surface area contributed by atoms with Gasteiger partial charge in [-0.2, -0.15) is 5.10 Å². The highest BCUT2D eigenvalue weighted by Crippen LogP contribution is 2.33. The molecule has 108 valence electrons. The molecule has 0 saturated carbocycles. The maximum atomic E-state index is 9.62. The van der Waals surface area contributed by atoms with Crippen molar-refractivity contribution in [2.45, 2.75) is 32.8 Å². The van der Waals surface area contributed by atoms with Gasteiger partial charge in [0.2, 0.25) is 5.88 Å². The van der Waals surface area contributed by atoms with E-state index in [2.05, 4.69) is 5.10 Å². The number of phenols is 1. The first-order valence-electron chi connectivity index (χ1n) is 6.45. The number of methoxy groups -OCH3 is 1. The first-order valence-corrected chi connectivity index (χ1v) is 6.45. The number of aliphatic hydroxyl groups excluding tert-OH is 1.